The molecule has 3 aromatic rings. The van der Waals surface area contributed by atoms with Crippen LogP contribution >= 0.6 is 11.3 Å². The number of aromatic carboxylic acids is 1. The molecule has 0 radical (unpaired) electrons. The molecular weight excluding hydrogens is 433 g/mol. The van der Waals surface area contributed by atoms with Crippen molar-refractivity contribution in [2.24, 2.45) is 0 Å². The molecule has 6 nitrogen and oxygen atoms in total. The molecule has 2 aromatic carbocycles. The van der Waals surface area contributed by atoms with E-state index in [9.17, 15) is 19.1 Å². The number of nitrogens with one attached hydrogen (secondary N) is 1. The van der Waals surface area contributed by atoms with Crippen LogP contribution in [0.3, 0.4) is 0 Å². The Hall–Kier alpha value is -3.39. The van der Waals surface area contributed by atoms with Gasteiger partial charge >= 0.3 is 5.97 Å². The van der Waals surface area contributed by atoms with E-state index in [0.717, 1.165) is 21.8 Å². The molecule has 1 aromatic heterocycles. The quantitative estimate of drug-likeness (QED) is 0.511. The van der Waals surface area contributed by atoms with Crippen molar-refractivity contribution in [1.29, 1.82) is 0 Å². The van der Waals surface area contributed by atoms with Gasteiger partial charge in [-0.25, -0.2) is 9.18 Å². The van der Waals surface area contributed by atoms with Crippen molar-refractivity contribution in [1.82, 2.24) is 0 Å². The minimum Gasteiger partial charge on any atom is -0.493 e. The van der Waals surface area contributed by atoms with E-state index in [1.807, 2.05) is 26.0 Å². The number of hydrogen-bond donors (Lipinski definition) is 2. The summed E-state index contributed by atoms with van der Waals surface area (Å²) in [6, 6.07) is 11.1. The first-order chi connectivity index (χ1) is 15.3. The lowest BCUT2D eigenvalue weighted by Gasteiger charge is -2.25. The Labute approximate surface area is 188 Å². The third kappa shape index (κ3) is 4.05. The number of hydrogen-bond acceptors (Lipinski definition) is 5. The number of anilines is 1. The van der Waals surface area contributed by atoms with Gasteiger partial charge in [-0.05, 0) is 49.2 Å². The van der Waals surface area contributed by atoms with Gasteiger partial charge in [0.15, 0.2) is 11.5 Å². The minimum absolute atomic E-state index is 0.0319. The van der Waals surface area contributed by atoms with Crippen LogP contribution in [0.1, 0.15) is 46.3 Å². The maximum Gasteiger partial charge on any atom is 0.346 e. The lowest BCUT2D eigenvalue weighted by atomic mass is 9.88. The van der Waals surface area contributed by atoms with E-state index in [4.69, 9.17) is 9.47 Å². The predicted octanol–water partition coefficient (Wildman–Crippen LogP) is 5.52. The lowest BCUT2D eigenvalue weighted by Crippen LogP contribution is -2.22. The summed E-state index contributed by atoms with van der Waals surface area (Å²) in [6.45, 7) is 3.84. The fourth-order valence-electron chi connectivity index (χ4n) is 3.85. The number of thiophene rings is 1. The molecule has 8 heteroatoms. The second kappa shape index (κ2) is 8.63. The highest BCUT2D eigenvalue weighted by atomic mass is 32.1. The Morgan fingerprint density at radius 3 is 2.53 bits per heavy atom. The second-order valence-electron chi connectivity index (χ2n) is 7.74. The summed E-state index contributed by atoms with van der Waals surface area (Å²) in [4.78, 5) is 25.5. The fourth-order valence-corrected chi connectivity index (χ4v) is 5.10. The van der Waals surface area contributed by atoms with E-state index in [0.29, 0.717) is 28.3 Å². The summed E-state index contributed by atoms with van der Waals surface area (Å²) < 4.78 is 24.7. The molecule has 0 bridgehead atoms. The first-order valence-corrected chi connectivity index (χ1v) is 10.9. The summed E-state index contributed by atoms with van der Waals surface area (Å²) in [7, 11) is 1.55. The van der Waals surface area contributed by atoms with Crippen molar-refractivity contribution in [3.05, 3.63) is 63.6 Å². The maximum absolute atomic E-state index is 13.4. The molecule has 0 saturated carbocycles. The molecule has 32 heavy (non-hydrogen) atoms. The number of fused-ring (bicyclic) bond motifs is 1. The van der Waals surface area contributed by atoms with Gasteiger partial charge in [-0.1, -0.05) is 18.2 Å². The number of amides is 1. The summed E-state index contributed by atoms with van der Waals surface area (Å²) in [5.41, 5.74) is 2.20. The molecule has 2 heterocycles. The van der Waals surface area contributed by atoms with Gasteiger partial charge in [-0.2, -0.15) is 0 Å². The fraction of sp³-hybridized carbons (Fsp3) is 0.250. The molecule has 0 saturated heterocycles. The van der Waals surface area contributed by atoms with Crippen molar-refractivity contribution < 1.29 is 28.6 Å². The molecule has 1 aliphatic rings. The van der Waals surface area contributed by atoms with Gasteiger partial charge in [-0.15, -0.1) is 11.3 Å². The van der Waals surface area contributed by atoms with Crippen molar-refractivity contribution in [3.63, 3.8) is 0 Å². The molecular formula is C24H22FNO5S. The van der Waals surface area contributed by atoms with Crippen molar-refractivity contribution in [2.45, 2.75) is 32.3 Å². The normalized spacial score (nSPS) is 15.3. The van der Waals surface area contributed by atoms with E-state index in [1.54, 1.807) is 13.2 Å². The zero-order valence-electron chi connectivity index (χ0n) is 17.8. The minimum atomic E-state index is -1.10. The smallest absolute Gasteiger partial charge is 0.346 e. The first kappa shape index (κ1) is 21.8. The molecule has 4 rings (SSSR count). The standard InChI is InChI=1S/C24H22FNO5S/c1-12(2)31-17-9-6-14(10-18(17)30-3)16-11-19(27)26-21-20(13-4-7-15(25)8-5-13)23(24(28)29)32-22(16)21/h4-10,12,16H,11H2,1-3H3,(H,26,27)(H,28,29). The Bertz CT molecular complexity index is 1190. The third-order valence-electron chi connectivity index (χ3n) is 5.19. The monoisotopic (exact) mass is 455 g/mol. The predicted molar refractivity (Wildman–Crippen MR) is 121 cm³/mol. The van der Waals surface area contributed by atoms with Crippen LogP contribution < -0.4 is 14.8 Å². The zero-order chi connectivity index (χ0) is 23.0. The number of carbonyl (C=O) groups excluding carboxylic acids is 1. The number of carboxylic acids is 1. The van der Waals surface area contributed by atoms with Gasteiger partial charge in [-0.3, -0.25) is 4.79 Å². The number of rotatable bonds is 6. The summed E-state index contributed by atoms with van der Waals surface area (Å²) in [5, 5.41) is 12.7. The molecule has 1 unspecified atom stereocenters. The number of ether oxygens (including phenoxy) is 2. The molecule has 1 atom stereocenters. The van der Waals surface area contributed by atoms with E-state index >= 15 is 0 Å². The van der Waals surface area contributed by atoms with Crippen LogP contribution in [0.4, 0.5) is 10.1 Å². The van der Waals surface area contributed by atoms with E-state index < -0.39 is 11.8 Å². The van der Waals surface area contributed by atoms with Crippen LogP contribution in [0, 0.1) is 5.82 Å². The van der Waals surface area contributed by atoms with E-state index in [-0.39, 0.29) is 29.2 Å². The molecule has 0 aliphatic carbocycles. The Balaban J connectivity index is 1.85. The number of carbonyl (C=O) groups is 2. The van der Waals surface area contributed by atoms with Crippen LogP contribution in [0.25, 0.3) is 11.1 Å². The number of carboxylic acid groups (broad SMARTS) is 1. The molecule has 166 valence electrons. The van der Waals surface area contributed by atoms with Gasteiger partial charge in [0.05, 0.1) is 18.9 Å². The molecule has 2 N–H and O–H groups in total. The highest BCUT2D eigenvalue weighted by molar-refractivity contribution is 7.15. The topological polar surface area (TPSA) is 84.9 Å². The van der Waals surface area contributed by atoms with Gasteiger partial charge in [0.25, 0.3) is 0 Å². The lowest BCUT2D eigenvalue weighted by molar-refractivity contribution is -0.116. The summed E-state index contributed by atoms with van der Waals surface area (Å²) in [5.74, 6) is -0.962. The van der Waals surface area contributed by atoms with E-state index in [2.05, 4.69) is 5.32 Å². The number of methoxy groups -OCH3 is 1. The van der Waals surface area contributed by atoms with Crippen molar-refractivity contribution in [2.75, 3.05) is 12.4 Å². The maximum atomic E-state index is 13.4. The SMILES string of the molecule is COc1cc(C2CC(=O)Nc3c2sc(C(=O)O)c3-c2ccc(F)cc2)ccc1OC(C)C. The van der Waals surface area contributed by atoms with Crippen LogP contribution in [0.5, 0.6) is 11.5 Å². The average Bonchev–Trinajstić information content (AvgIpc) is 3.13. The van der Waals surface area contributed by atoms with Gasteiger partial charge in [0.1, 0.15) is 10.7 Å². The van der Waals surface area contributed by atoms with Crippen LogP contribution in [0.2, 0.25) is 0 Å². The van der Waals surface area contributed by atoms with Crippen LogP contribution in [-0.2, 0) is 4.79 Å². The van der Waals surface area contributed by atoms with Crippen molar-refractivity contribution >= 4 is 28.9 Å². The second-order valence-corrected chi connectivity index (χ2v) is 8.79. The van der Waals surface area contributed by atoms with Crippen LogP contribution in [-0.4, -0.2) is 30.2 Å². The Morgan fingerprint density at radius 1 is 1.19 bits per heavy atom. The largest absolute Gasteiger partial charge is 0.493 e. The van der Waals surface area contributed by atoms with Gasteiger partial charge in [0.2, 0.25) is 5.91 Å². The van der Waals surface area contributed by atoms with Gasteiger partial charge in [0, 0.05) is 22.8 Å². The highest BCUT2D eigenvalue weighted by Crippen LogP contribution is 2.50. The van der Waals surface area contributed by atoms with E-state index in [1.165, 1.54) is 24.3 Å². The average molecular weight is 456 g/mol. The molecule has 0 spiro atoms. The molecule has 1 aliphatic heterocycles. The first-order valence-electron chi connectivity index (χ1n) is 10.1. The third-order valence-corrected chi connectivity index (χ3v) is 6.48. The number of benzene rings is 2. The molecule has 1 amide bonds. The Morgan fingerprint density at radius 2 is 1.91 bits per heavy atom. The van der Waals surface area contributed by atoms with Crippen molar-refractivity contribution in [3.8, 4) is 22.6 Å². The molecule has 0 fully saturated rings. The number of halogens is 1. The summed E-state index contributed by atoms with van der Waals surface area (Å²) in [6.07, 6.45) is 0.138. The Kier molecular flexibility index (Phi) is 5.88. The van der Waals surface area contributed by atoms with Crippen LogP contribution in [0.15, 0.2) is 42.5 Å². The van der Waals surface area contributed by atoms with Gasteiger partial charge < -0.3 is 19.9 Å². The highest BCUT2D eigenvalue weighted by Gasteiger charge is 2.34. The zero-order valence-corrected chi connectivity index (χ0v) is 18.6. The summed E-state index contributed by atoms with van der Waals surface area (Å²) >= 11 is 1.12.